The van der Waals surface area contributed by atoms with Gasteiger partial charge >= 0.3 is 6.09 Å². The van der Waals surface area contributed by atoms with Crippen molar-refractivity contribution in [2.75, 3.05) is 18.5 Å². The number of fused-ring (bicyclic) bond motifs is 1. The van der Waals surface area contributed by atoms with Gasteiger partial charge in [0, 0.05) is 18.9 Å². The maximum absolute atomic E-state index is 13.8. The average molecular weight is 437 g/mol. The molecule has 170 valence electrons. The third kappa shape index (κ3) is 5.43. The molecule has 0 bridgehead atoms. The molecular formula is C21H28FN3O6. The van der Waals surface area contributed by atoms with Crippen molar-refractivity contribution in [2.24, 2.45) is 11.1 Å². The summed E-state index contributed by atoms with van der Waals surface area (Å²) < 4.78 is 30.4. The number of ether oxygens (including phenoxy) is 3. The van der Waals surface area contributed by atoms with E-state index in [-0.39, 0.29) is 17.6 Å². The van der Waals surface area contributed by atoms with Gasteiger partial charge in [-0.15, -0.1) is 0 Å². The Bertz CT molecular complexity index is 863. The Morgan fingerprint density at radius 1 is 1.35 bits per heavy atom. The van der Waals surface area contributed by atoms with Gasteiger partial charge in [0.25, 0.3) is 11.8 Å². The van der Waals surface area contributed by atoms with Crippen molar-refractivity contribution in [3.63, 3.8) is 0 Å². The number of amides is 3. The van der Waals surface area contributed by atoms with E-state index in [1.807, 2.05) is 20.8 Å². The molecule has 9 nitrogen and oxygen atoms in total. The molecule has 0 aliphatic carbocycles. The van der Waals surface area contributed by atoms with Crippen molar-refractivity contribution < 1.29 is 33.0 Å². The number of rotatable bonds is 4. The number of carbonyl (C=O) groups excluding carboxylic acids is 3. The van der Waals surface area contributed by atoms with Gasteiger partial charge in [-0.1, -0.05) is 20.8 Å². The van der Waals surface area contributed by atoms with Crippen LogP contribution in [0.25, 0.3) is 0 Å². The quantitative estimate of drug-likeness (QED) is 0.662. The van der Waals surface area contributed by atoms with Crippen LogP contribution in [-0.4, -0.2) is 48.9 Å². The van der Waals surface area contributed by atoms with E-state index in [0.29, 0.717) is 31.7 Å². The van der Waals surface area contributed by atoms with E-state index in [0.717, 1.165) is 0 Å². The fourth-order valence-corrected chi connectivity index (χ4v) is 3.83. The van der Waals surface area contributed by atoms with Crippen molar-refractivity contribution in [3.8, 4) is 5.75 Å². The molecule has 2 aliphatic heterocycles. The second kappa shape index (κ2) is 8.70. The Morgan fingerprint density at radius 2 is 2.03 bits per heavy atom. The van der Waals surface area contributed by atoms with Gasteiger partial charge in [-0.2, -0.15) is 0 Å². The smallest absolute Gasteiger partial charge is 0.405 e. The highest BCUT2D eigenvalue weighted by molar-refractivity contribution is 6.00. The maximum Gasteiger partial charge on any atom is 0.405 e. The van der Waals surface area contributed by atoms with Crippen LogP contribution < -0.4 is 21.1 Å². The fraction of sp³-hybridized carbons (Fsp3) is 0.571. The van der Waals surface area contributed by atoms with Crippen LogP contribution in [0, 0.1) is 11.2 Å². The molecule has 3 amide bonds. The lowest BCUT2D eigenvalue weighted by atomic mass is 9.84. The van der Waals surface area contributed by atoms with E-state index in [2.05, 4.69) is 10.6 Å². The van der Waals surface area contributed by atoms with Crippen LogP contribution in [0.15, 0.2) is 18.2 Å². The molecule has 1 aromatic rings. The summed E-state index contributed by atoms with van der Waals surface area (Å²) in [5, 5.41) is 5.37. The summed E-state index contributed by atoms with van der Waals surface area (Å²) in [5.74, 6) is -1.53. The van der Waals surface area contributed by atoms with Gasteiger partial charge < -0.3 is 30.6 Å². The first-order valence-corrected chi connectivity index (χ1v) is 10.1. The predicted molar refractivity (Wildman–Crippen MR) is 109 cm³/mol. The van der Waals surface area contributed by atoms with E-state index in [9.17, 15) is 18.8 Å². The highest BCUT2D eigenvalue weighted by Crippen LogP contribution is 2.39. The Kier molecular flexibility index (Phi) is 6.40. The van der Waals surface area contributed by atoms with Gasteiger partial charge in [0.2, 0.25) is 0 Å². The molecule has 31 heavy (non-hydrogen) atoms. The molecule has 0 radical (unpaired) electrons. The summed E-state index contributed by atoms with van der Waals surface area (Å²) in [7, 11) is 0. The lowest BCUT2D eigenvalue weighted by Crippen LogP contribution is -2.63. The second-order valence-corrected chi connectivity index (χ2v) is 9.04. The van der Waals surface area contributed by atoms with Crippen LogP contribution >= 0.6 is 0 Å². The largest absolute Gasteiger partial charge is 0.482 e. The molecule has 1 aromatic carbocycles. The first-order chi connectivity index (χ1) is 14.5. The van der Waals surface area contributed by atoms with Crippen molar-refractivity contribution in [1.29, 1.82) is 0 Å². The Balaban J connectivity index is 1.92. The molecule has 1 saturated heterocycles. The topological polar surface area (TPSA) is 129 Å². The van der Waals surface area contributed by atoms with Crippen molar-refractivity contribution in [2.45, 2.75) is 57.8 Å². The number of hydrogen-bond donors (Lipinski definition) is 3. The zero-order chi connectivity index (χ0) is 22.8. The van der Waals surface area contributed by atoms with Crippen LogP contribution in [0.4, 0.5) is 14.9 Å². The Labute approximate surface area is 179 Å². The summed E-state index contributed by atoms with van der Waals surface area (Å²) in [6, 6.07) is 2.67. The number of hydrogen-bond acceptors (Lipinski definition) is 6. The van der Waals surface area contributed by atoms with E-state index < -0.39 is 41.5 Å². The summed E-state index contributed by atoms with van der Waals surface area (Å²) in [5.41, 5.74) is 3.93. The van der Waals surface area contributed by atoms with Gasteiger partial charge in [-0.25, -0.2) is 9.18 Å². The van der Waals surface area contributed by atoms with E-state index in [1.54, 1.807) is 0 Å². The SMILES string of the molecule is CC(C)(C)C[C@H](OC(N)=O)C(=O)NC1C(=O)Nc2ccc(F)cc2OC12CCOCC2. The van der Waals surface area contributed by atoms with E-state index in [4.69, 9.17) is 19.9 Å². The molecule has 4 N–H and O–H groups in total. The Hall–Kier alpha value is -2.88. The van der Waals surface area contributed by atoms with Crippen LogP contribution in [0.2, 0.25) is 0 Å². The van der Waals surface area contributed by atoms with Gasteiger partial charge in [0.05, 0.1) is 18.9 Å². The molecule has 2 heterocycles. The van der Waals surface area contributed by atoms with Gasteiger partial charge in [-0.05, 0) is 24.0 Å². The zero-order valence-corrected chi connectivity index (χ0v) is 17.8. The standard InChI is InChI=1S/C21H28FN3O6/c1-20(2,3)11-15(30-19(23)28)17(26)25-16-18(27)24-13-5-4-12(22)10-14(13)31-21(16)6-8-29-9-7-21/h4-5,10,15-16H,6-9,11H2,1-3H3,(H2,23,28)(H,24,27)(H,25,26)/t15-,16?/m0/s1. The second-order valence-electron chi connectivity index (χ2n) is 9.04. The number of halogens is 1. The summed E-state index contributed by atoms with van der Waals surface area (Å²) in [6.45, 7) is 6.24. The lowest BCUT2D eigenvalue weighted by Gasteiger charge is -2.41. The highest BCUT2D eigenvalue weighted by Gasteiger charge is 2.50. The minimum atomic E-state index is -1.19. The number of nitrogens with one attached hydrogen (secondary N) is 2. The third-order valence-electron chi connectivity index (χ3n) is 5.28. The normalized spacial score (nSPS) is 21.2. The van der Waals surface area contributed by atoms with Crippen LogP contribution in [0.1, 0.15) is 40.0 Å². The van der Waals surface area contributed by atoms with E-state index in [1.165, 1.54) is 18.2 Å². The molecule has 1 spiro atoms. The van der Waals surface area contributed by atoms with Crippen LogP contribution in [0.5, 0.6) is 5.75 Å². The zero-order valence-electron chi connectivity index (χ0n) is 17.8. The predicted octanol–water partition coefficient (Wildman–Crippen LogP) is 2.09. The molecule has 1 fully saturated rings. The molecule has 3 rings (SSSR count). The third-order valence-corrected chi connectivity index (χ3v) is 5.28. The first-order valence-electron chi connectivity index (χ1n) is 10.1. The average Bonchev–Trinajstić information content (AvgIpc) is 2.76. The highest BCUT2D eigenvalue weighted by atomic mass is 19.1. The summed E-state index contributed by atoms with van der Waals surface area (Å²) in [4.78, 5) is 37.5. The maximum atomic E-state index is 13.8. The molecule has 2 aliphatic rings. The monoisotopic (exact) mass is 437 g/mol. The molecule has 2 atom stereocenters. The molecular weight excluding hydrogens is 409 g/mol. The summed E-state index contributed by atoms with van der Waals surface area (Å²) >= 11 is 0. The van der Waals surface area contributed by atoms with Crippen molar-refractivity contribution in [3.05, 3.63) is 24.0 Å². The van der Waals surface area contributed by atoms with Gasteiger partial charge in [0.1, 0.15) is 23.2 Å². The minimum Gasteiger partial charge on any atom is -0.482 e. The Morgan fingerprint density at radius 3 is 2.65 bits per heavy atom. The van der Waals surface area contributed by atoms with Gasteiger partial charge in [0.15, 0.2) is 6.10 Å². The molecule has 1 unspecified atom stereocenters. The number of nitrogens with two attached hydrogens (primary N) is 1. The summed E-state index contributed by atoms with van der Waals surface area (Å²) in [6.07, 6.45) is -1.50. The fourth-order valence-electron chi connectivity index (χ4n) is 3.83. The number of benzene rings is 1. The van der Waals surface area contributed by atoms with Crippen molar-refractivity contribution in [1.82, 2.24) is 5.32 Å². The van der Waals surface area contributed by atoms with Crippen molar-refractivity contribution >= 4 is 23.6 Å². The lowest BCUT2D eigenvalue weighted by molar-refractivity contribution is -0.141. The van der Waals surface area contributed by atoms with E-state index >= 15 is 0 Å². The number of primary amides is 1. The van der Waals surface area contributed by atoms with Crippen LogP contribution in [0.3, 0.4) is 0 Å². The first kappa shape index (κ1) is 22.8. The minimum absolute atomic E-state index is 0.173. The van der Waals surface area contributed by atoms with Gasteiger partial charge in [-0.3, -0.25) is 9.59 Å². The number of carbonyl (C=O) groups is 3. The molecule has 0 aromatic heterocycles. The molecule has 10 heteroatoms. The molecule has 0 saturated carbocycles. The number of anilines is 1. The van der Waals surface area contributed by atoms with Crippen LogP contribution in [-0.2, 0) is 19.1 Å².